The molecule has 0 aliphatic heterocycles. The molecule has 3 rings (SSSR count). The van der Waals surface area contributed by atoms with Crippen molar-refractivity contribution in [3.05, 3.63) is 59.4 Å². The van der Waals surface area contributed by atoms with Crippen LogP contribution in [-0.2, 0) is 9.59 Å². The lowest BCUT2D eigenvalue weighted by Crippen LogP contribution is -2.45. The molecule has 0 radical (unpaired) electrons. The number of carboxylic acid groups (broad SMARTS) is 1. The van der Waals surface area contributed by atoms with Crippen LogP contribution in [0.4, 0.5) is 4.39 Å². The lowest BCUT2D eigenvalue weighted by molar-refractivity contribution is -0.152. The van der Waals surface area contributed by atoms with Gasteiger partial charge < -0.3 is 19.9 Å². The van der Waals surface area contributed by atoms with E-state index in [-0.39, 0.29) is 5.91 Å². The van der Waals surface area contributed by atoms with Crippen LogP contribution in [0.1, 0.15) is 30.0 Å². The molecule has 1 amide bonds. The second kappa shape index (κ2) is 8.29. The Balaban J connectivity index is 1.99. The predicted octanol–water partition coefficient (Wildman–Crippen LogP) is 3.16. The van der Waals surface area contributed by atoms with Crippen LogP contribution in [-0.4, -0.2) is 31.2 Å². The van der Waals surface area contributed by atoms with Gasteiger partial charge in [-0.1, -0.05) is 12.1 Å². The van der Waals surface area contributed by atoms with Gasteiger partial charge in [0, 0.05) is 5.56 Å². The third kappa shape index (κ3) is 3.93. The van der Waals surface area contributed by atoms with Crippen LogP contribution in [0.3, 0.4) is 0 Å². The molecule has 2 aromatic rings. The zero-order chi connectivity index (χ0) is 20.3. The average molecular weight is 387 g/mol. The van der Waals surface area contributed by atoms with Gasteiger partial charge in [0.05, 0.1) is 32.1 Å². The number of nitrogens with one attached hydrogen (secondary N) is 1. The Labute approximate surface area is 162 Å². The highest BCUT2D eigenvalue weighted by atomic mass is 19.1. The van der Waals surface area contributed by atoms with Gasteiger partial charge >= 0.3 is 5.97 Å². The van der Waals surface area contributed by atoms with E-state index in [0.717, 1.165) is 0 Å². The molecule has 2 N–H and O–H groups in total. The van der Waals surface area contributed by atoms with E-state index in [1.54, 1.807) is 24.3 Å². The molecule has 7 heteroatoms. The summed E-state index contributed by atoms with van der Waals surface area (Å²) in [7, 11) is 2.99. The number of methoxy groups -OCH3 is 2. The van der Waals surface area contributed by atoms with Gasteiger partial charge in [-0.2, -0.15) is 0 Å². The highest BCUT2D eigenvalue weighted by molar-refractivity contribution is 5.87. The van der Waals surface area contributed by atoms with Gasteiger partial charge in [0.2, 0.25) is 5.91 Å². The fraction of sp³-hybridized carbons (Fsp3) is 0.333. The molecule has 1 saturated carbocycles. The average Bonchev–Trinajstić information content (AvgIpc) is 2.64. The molecule has 0 bridgehead atoms. The highest BCUT2D eigenvalue weighted by Crippen LogP contribution is 2.37. The van der Waals surface area contributed by atoms with Crippen LogP contribution in [0.15, 0.2) is 42.5 Å². The summed E-state index contributed by atoms with van der Waals surface area (Å²) in [4.78, 5) is 24.1. The van der Waals surface area contributed by atoms with E-state index in [1.807, 2.05) is 0 Å². The Bertz CT molecular complexity index is 885. The van der Waals surface area contributed by atoms with E-state index < -0.39 is 29.7 Å². The first-order valence-corrected chi connectivity index (χ1v) is 8.95. The number of ether oxygens (including phenoxy) is 2. The number of carbonyl (C=O) groups is 2. The van der Waals surface area contributed by atoms with Crippen molar-refractivity contribution in [2.45, 2.75) is 18.9 Å². The number of halogens is 1. The standard InChI is InChI=1S/C21H22FNO5/c1-27-14-5-3-4-12(10-14)19(17-11-13(22)6-9-18(17)28-2)23-20(24)15-7-8-16(15)21(25)26/h3-6,9-11,15-16,19H,7-8H2,1-2H3,(H,23,24)(H,25,26). The summed E-state index contributed by atoms with van der Waals surface area (Å²) >= 11 is 0. The number of hydrogen-bond donors (Lipinski definition) is 2. The van der Waals surface area contributed by atoms with Crippen molar-refractivity contribution in [3.63, 3.8) is 0 Å². The number of rotatable bonds is 7. The Morgan fingerprint density at radius 3 is 2.46 bits per heavy atom. The van der Waals surface area contributed by atoms with Crippen molar-refractivity contribution in [1.29, 1.82) is 0 Å². The van der Waals surface area contributed by atoms with Crippen molar-refractivity contribution >= 4 is 11.9 Å². The van der Waals surface area contributed by atoms with E-state index in [1.165, 1.54) is 32.4 Å². The van der Waals surface area contributed by atoms with Crippen LogP contribution < -0.4 is 14.8 Å². The Morgan fingerprint density at radius 1 is 1.11 bits per heavy atom. The lowest BCUT2D eigenvalue weighted by atomic mass is 9.73. The maximum Gasteiger partial charge on any atom is 0.307 e. The first-order valence-electron chi connectivity index (χ1n) is 8.95. The van der Waals surface area contributed by atoms with E-state index >= 15 is 0 Å². The van der Waals surface area contributed by atoms with Crippen LogP contribution in [0.2, 0.25) is 0 Å². The van der Waals surface area contributed by atoms with Gasteiger partial charge in [-0.3, -0.25) is 9.59 Å². The third-order valence-electron chi connectivity index (χ3n) is 5.14. The monoisotopic (exact) mass is 387 g/mol. The molecule has 1 aliphatic carbocycles. The van der Waals surface area contributed by atoms with Crippen molar-refractivity contribution in [2.75, 3.05) is 14.2 Å². The van der Waals surface area contributed by atoms with Crippen LogP contribution >= 0.6 is 0 Å². The molecule has 3 unspecified atom stereocenters. The van der Waals surface area contributed by atoms with Gasteiger partial charge in [-0.05, 0) is 48.7 Å². The smallest absolute Gasteiger partial charge is 0.307 e. The van der Waals surface area contributed by atoms with Gasteiger partial charge in [-0.25, -0.2) is 4.39 Å². The first kappa shape index (κ1) is 19.7. The molecule has 0 heterocycles. The molecule has 28 heavy (non-hydrogen) atoms. The van der Waals surface area contributed by atoms with Gasteiger partial charge in [0.25, 0.3) is 0 Å². The van der Waals surface area contributed by atoms with Crippen molar-refractivity contribution in [3.8, 4) is 11.5 Å². The summed E-state index contributed by atoms with van der Waals surface area (Å²) in [6.07, 6.45) is 0.981. The Hall–Kier alpha value is -3.09. The van der Waals surface area contributed by atoms with Crippen LogP contribution in [0.25, 0.3) is 0 Å². The minimum atomic E-state index is -0.979. The van der Waals surface area contributed by atoms with Crippen molar-refractivity contribution in [1.82, 2.24) is 5.32 Å². The number of amides is 1. The minimum Gasteiger partial charge on any atom is -0.497 e. The molecule has 6 nitrogen and oxygen atoms in total. The number of aliphatic carboxylic acids is 1. The second-order valence-electron chi connectivity index (χ2n) is 6.73. The minimum absolute atomic E-state index is 0.377. The van der Waals surface area contributed by atoms with Gasteiger partial charge in [-0.15, -0.1) is 0 Å². The molecule has 3 atom stereocenters. The summed E-state index contributed by atoms with van der Waals surface area (Å²) in [5.74, 6) is -2.13. The molecule has 148 valence electrons. The van der Waals surface area contributed by atoms with Gasteiger partial charge in [0.1, 0.15) is 17.3 Å². The SMILES string of the molecule is COc1cccc(C(NC(=O)C2CCC2C(=O)O)c2cc(F)ccc2OC)c1. The van der Waals surface area contributed by atoms with Gasteiger partial charge in [0.15, 0.2) is 0 Å². The second-order valence-corrected chi connectivity index (χ2v) is 6.73. The number of carboxylic acids is 1. The van der Waals surface area contributed by atoms with Crippen molar-refractivity contribution < 1.29 is 28.6 Å². The quantitative estimate of drug-likeness (QED) is 0.762. The number of benzene rings is 2. The fourth-order valence-electron chi connectivity index (χ4n) is 3.45. The zero-order valence-electron chi connectivity index (χ0n) is 15.6. The van der Waals surface area contributed by atoms with E-state index in [0.29, 0.717) is 35.5 Å². The number of carbonyl (C=O) groups excluding carboxylic acids is 1. The maximum absolute atomic E-state index is 14.0. The van der Waals surface area contributed by atoms with Crippen LogP contribution in [0, 0.1) is 17.7 Å². The molecular weight excluding hydrogens is 365 g/mol. The summed E-state index contributed by atoms with van der Waals surface area (Å²) in [6, 6.07) is 10.4. The molecule has 1 fully saturated rings. The normalized spacial score (nSPS) is 19.2. The summed E-state index contributed by atoms with van der Waals surface area (Å²) < 4.78 is 24.6. The van der Waals surface area contributed by atoms with E-state index in [9.17, 15) is 19.1 Å². The molecule has 0 saturated heterocycles. The summed E-state index contributed by atoms with van der Waals surface area (Å²) in [5, 5.41) is 12.1. The van der Waals surface area contributed by atoms with Crippen molar-refractivity contribution in [2.24, 2.45) is 11.8 Å². The topological polar surface area (TPSA) is 84.9 Å². The number of hydrogen-bond acceptors (Lipinski definition) is 4. The van der Waals surface area contributed by atoms with Crippen LogP contribution in [0.5, 0.6) is 11.5 Å². The molecular formula is C21H22FNO5. The molecule has 0 aromatic heterocycles. The lowest BCUT2D eigenvalue weighted by Gasteiger charge is -2.33. The first-order chi connectivity index (χ1) is 13.4. The van der Waals surface area contributed by atoms with E-state index in [4.69, 9.17) is 9.47 Å². The zero-order valence-corrected chi connectivity index (χ0v) is 15.6. The van der Waals surface area contributed by atoms with E-state index in [2.05, 4.69) is 5.32 Å². The molecule has 0 spiro atoms. The maximum atomic E-state index is 14.0. The predicted molar refractivity (Wildman–Crippen MR) is 99.8 cm³/mol. The third-order valence-corrected chi connectivity index (χ3v) is 5.14. The highest BCUT2D eigenvalue weighted by Gasteiger charge is 2.42. The largest absolute Gasteiger partial charge is 0.497 e. The Kier molecular flexibility index (Phi) is 5.82. The molecule has 2 aromatic carbocycles. The fourth-order valence-corrected chi connectivity index (χ4v) is 3.45. The molecule has 1 aliphatic rings. The summed E-state index contributed by atoms with van der Waals surface area (Å²) in [6.45, 7) is 0. The Morgan fingerprint density at radius 2 is 1.86 bits per heavy atom. The summed E-state index contributed by atoms with van der Waals surface area (Å²) in [5.41, 5.74) is 1.11.